The summed E-state index contributed by atoms with van der Waals surface area (Å²) in [5.41, 5.74) is 2.19. The number of carboxylic acid groups (broad SMARTS) is 1. The SMILES string of the molecule is Cc1ccc(C)c(OCCO[C@@H](C)C(=O)O)c1. The van der Waals surface area contributed by atoms with Crippen LogP contribution in [0.3, 0.4) is 0 Å². The smallest absolute Gasteiger partial charge is 0.332 e. The number of benzene rings is 1. The molecular formula is C13H18O4. The van der Waals surface area contributed by atoms with E-state index in [-0.39, 0.29) is 6.61 Å². The molecule has 1 atom stereocenters. The second-order valence-corrected chi connectivity index (χ2v) is 3.97. The summed E-state index contributed by atoms with van der Waals surface area (Å²) in [4.78, 5) is 10.5. The zero-order valence-corrected chi connectivity index (χ0v) is 10.4. The first-order chi connectivity index (χ1) is 8.00. The van der Waals surface area contributed by atoms with Gasteiger partial charge in [-0.2, -0.15) is 0 Å². The predicted molar refractivity (Wildman–Crippen MR) is 64.5 cm³/mol. The van der Waals surface area contributed by atoms with Crippen molar-refractivity contribution >= 4 is 5.97 Å². The Morgan fingerprint density at radius 1 is 1.35 bits per heavy atom. The van der Waals surface area contributed by atoms with E-state index in [2.05, 4.69) is 0 Å². The Balaban J connectivity index is 2.36. The van der Waals surface area contributed by atoms with Crippen molar-refractivity contribution in [3.8, 4) is 5.75 Å². The molecule has 0 spiro atoms. The molecule has 0 unspecified atom stereocenters. The largest absolute Gasteiger partial charge is 0.491 e. The van der Waals surface area contributed by atoms with Gasteiger partial charge in [0.1, 0.15) is 12.4 Å². The first kappa shape index (κ1) is 13.5. The van der Waals surface area contributed by atoms with Gasteiger partial charge in [0.05, 0.1) is 6.61 Å². The Hall–Kier alpha value is -1.55. The molecule has 4 nitrogen and oxygen atoms in total. The van der Waals surface area contributed by atoms with Crippen LogP contribution in [0.1, 0.15) is 18.1 Å². The second kappa shape index (κ2) is 6.25. The molecule has 1 rings (SSSR count). The van der Waals surface area contributed by atoms with E-state index in [1.165, 1.54) is 6.92 Å². The van der Waals surface area contributed by atoms with Gasteiger partial charge in [-0.05, 0) is 38.0 Å². The van der Waals surface area contributed by atoms with Gasteiger partial charge < -0.3 is 14.6 Å². The Bertz CT molecular complexity index is 387. The van der Waals surface area contributed by atoms with E-state index in [4.69, 9.17) is 14.6 Å². The number of hydrogen-bond acceptors (Lipinski definition) is 3. The average Bonchev–Trinajstić information content (AvgIpc) is 2.28. The molecule has 0 saturated carbocycles. The van der Waals surface area contributed by atoms with E-state index in [0.29, 0.717) is 6.61 Å². The number of carboxylic acids is 1. The van der Waals surface area contributed by atoms with Crippen LogP contribution in [0.5, 0.6) is 5.75 Å². The minimum atomic E-state index is -0.961. The maximum Gasteiger partial charge on any atom is 0.332 e. The lowest BCUT2D eigenvalue weighted by Gasteiger charge is -2.11. The van der Waals surface area contributed by atoms with Crippen LogP contribution in [0.15, 0.2) is 18.2 Å². The Morgan fingerprint density at radius 2 is 2.06 bits per heavy atom. The van der Waals surface area contributed by atoms with E-state index < -0.39 is 12.1 Å². The number of hydrogen-bond donors (Lipinski definition) is 1. The average molecular weight is 238 g/mol. The first-order valence-electron chi connectivity index (χ1n) is 5.55. The molecule has 0 fully saturated rings. The maximum absolute atomic E-state index is 10.5. The van der Waals surface area contributed by atoms with Crippen molar-refractivity contribution in [1.82, 2.24) is 0 Å². The van der Waals surface area contributed by atoms with Crippen molar-refractivity contribution in [2.45, 2.75) is 26.9 Å². The number of aryl methyl sites for hydroxylation is 2. The second-order valence-electron chi connectivity index (χ2n) is 3.97. The molecule has 0 aliphatic heterocycles. The molecule has 0 radical (unpaired) electrons. The van der Waals surface area contributed by atoms with Gasteiger partial charge in [0.2, 0.25) is 0 Å². The van der Waals surface area contributed by atoms with Crippen molar-refractivity contribution < 1.29 is 19.4 Å². The van der Waals surface area contributed by atoms with Gasteiger partial charge in [-0.1, -0.05) is 12.1 Å². The monoisotopic (exact) mass is 238 g/mol. The number of carbonyl (C=O) groups is 1. The summed E-state index contributed by atoms with van der Waals surface area (Å²) >= 11 is 0. The molecule has 1 N–H and O–H groups in total. The van der Waals surface area contributed by atoms with Crippen LogP contribution in [0.25, 0.3) is 0 Å². The third kappa shape index (κ3) is 4.44. The summed E-state index contributed by atoms with van der Waals surface area (Å²) < 4.78 is 10.6. The molecule has 0 heterocycles. The summed E-state index contributed by atoms with van der Waals surface area (Å²) in [6.07, 6.45) is -0.794. The molecule has 1 aromatic carbocycles. The van der Waals surface area contributed by atoms with Gasteiger partial charge in [-0.15, -0.1) is 0 Å². The quantitative estimate of drug-likeness (QED) is 0.772. The number of aliphatic carboxylic acids is 1. The molecule has 0 amide bonds. The minimum absolute atomic E-state index is 0.265. The topological polar surface area (TPSA) is 55.8 Å². The standard InChI is InChI=1S/C13H18O4/c1-9-4-5-10(2)12(8-9)17-7-6-16-11(3)13(14)15/h4-5,8,11H,6-7H2,1-3H3,(H,14,15)/t11-/m0/s1. The van der Waals surface area contributed by atoms with Crippen molar-refractivity contribution in [3.05, 3.63) is 29.3 Å². The predicted octanol–water partition coefficient (Wildman–Crippen LogP) is 2.17. The van der Waals surface area contributed by atoms with E-state index in [0.717, 1.165) is 16.9 Å². The van der Waals surface area contributed by atoms with E-state index in [1.807, 2.05) is 32.0 Å². The van der Waals surface area contributed by atoms with Crippen molar-refractivity contribution in [2.75, 3.05) is 13.2 Å². The highest BCUT2D eigenvalue weighted by atomic mass is 16.5. The number of rotatable bonds is 6. The zero-order valence-electron chi connectivity index (χ0n) is 10.4. The molecule has 4 heteroatoms. The van der Waals surface area contributed by atoms with Crippen molar-refractivity contribution in [3.63, 3.8) is 0 Å². The van der Waals surface area contributed by atoms with Gasteiger partial charge in [-0.25, -0.2) is 4.79 Å². The Morgan fingerprint density at radius 3 is 2.71 bits per heavy atom. The molecule has 17 heavy (non-hydrogen) atoms. The fourth-order valence-electron chi connectivity index (χ4n) is 1.31. The highest BCUT2D eigenvalue weighted by molar-refractivity contribution is 5.71. The van der Waals surface area contributed by atoms with Crippen molar-refractivity contribution in [1.29, 1.82) is 0 Å². The first-order valence-corrected chi connectivity index (χ1v) is 5.55. The van der Waals surface area contributed by atoms with E-state index in [1.54, 1.807) is 0 Å². The van der Waals surface area contributed by atoms with Gasteiger partial charge in [0.25, 0.3) is 0 Å². The lowest BCUT2D eigenvalue weighted by Crippen LogP contribution is -2.22. The molecule has 1 aromatic rings. The van der Waals surface area contributed by atoms with Gasteiger partial charge >= 0.3 is 5.97 Å². The summed E-state index contributed by atoms with van der Waals surface area (Å²) in [7, 11) is 0. The summed E-state index contributed by atoms with van der Waals surface area (Å²) in [5, 5.41) is 8.61. The summed E-state index contributed by atoms with van der Waals surface area (Å²) in [5.74, 6) is -0.145. The Labute approximate surface area is 101 Å². The normalized spacial score (nSPS) is 12.2. The third-order valence-electron chi connectivity index (χ3n) is 2.40. The van der Waals surface area contributed by atoms with Crippen LogP contribution >= 0.6 is 0 Å². The van der Waals surface area contributed by atoms with Crippen LogP contribution in [-0.2, 0) is 9.53 Å². The zero-order chi connectivity index (χ0) is 12.8. The van der Waals surface area contributed by atoms with Crippen LogP contribution < -0.4 is 4.74 Å². The lowest BCUT2D eigenvalue weighted by atomic mass is 10.1. The molecule has 0 aliphatic rings. The maximum atomic E-state index is 10.5. The number of ether oxygens (including phenoxy) is 2. The molecule has 0 aliphatic carbocycles. The van der Waals surface area contributed by atoms with E-state index in [9.17, 15) is 4.79 Å². The lowest BCUT2D eigenvalue weighted by molar-refractivity contribution is -0.149. The minimum Gasteiger partial charge on any atom is -0.491 e. The highest BCUT2D eigenvalue weighted by Crippen LogP contribution is 2.18. The molecule has 94 valence electrons. The molecule has 0 aromatic heterocycles. The molecular weight excluding hydrogens is 220 g/mol. The van der Waals surface area contributed by atoms with E-state index >= 15 is 0 Å². The van der Waals surface area contributed by atoms with Crippen LogP contribution in [0, 0.1) is 13.8 Å². The van der Waals surface area contributed by atoms with Gasteiger partial charge in [0.15, 0.2) is 6.10 Å². The van der Waals surface area contributed by atoms with Crippen LogP contribution in [0.4, 0.5) is 0 Å². The van der Waals surface area contributed by atoms with Gasteiger partial charge in [-0.3, -0.25) is 0 Å². The van der Waals surface area contributed by atoms with Gasteiger partial charge in [0, 0.05) is 0 Å². The van der Waals surface area contributed by atoms with Crippen molar-refractivity contribution in [2.24, 2.45) is 0 Å². The summed E-state index contributed by atoms with van der Waals surface area (Å²) in [6, 6.07) is 5.96. The molecule has 0 bridgehead atoms. The summed E-state index contributed by atoms with van der Waals surface area (Å²) in [6.45, 7) is 6.08. The van der Waals surface area contributed by atoms with Crippen LogP contribution in [0.2, 0.25) is 0 Å². The fraction of sp³-hybridized carbons (Fsp3) is 0.462. The third-order valence-corrected chi connectivity index (χ3v) is 2.40. The van der Waals surface area contributed by atoms with Crippen LogP contribution in [-0.4, -0.2) is 30.4 Å². The highest BCUT2D eigenvalue weighted by Gasteiger charge is 2.10. The molecule has 0 saturated heterocycles. The fourth-order valence-corrected chi connectivity index (χ4v) is 1.31. The Kier molecular flexibility index (Phi) is 4.97.